The number of thioether (sulfide) groups is 3. The molecule has 1 fully saturated rings. The number of nitrogens with two attached hydrogens (primary N) is 2. The fourth-order valence-corrected chi connectivity index (χ4v) is 9.36. The van der Waals surface area contributed by atoms with E-state index in [1.165, 1.54) is 64.5 Å². The van der Waals surface area contributed by atoms with E-state index in [-0.39, 0.29) is 50.3 Å². The van der Waals surface area contributed by atoms with Crippen LogP contribution in [0, 0.1) is 11.8 Å². The van der Waals surface area contributed by atoms with E-state index in [1.807, 2.05) is 6.92 Å². The molecule has 426 valence electrons. The van der Waals surface area contributed by atoms with Gasteiger partial charge in [0.1, 0.15) is 54.1 Å². The van der Waals surface area contributed by atoms with Crippen molar-refractivity contribution in [2.75, 3.05) is 42.6 Å². The number of hydrogen-bond acceptors (Lipinski definition) is 16. The monoisotopic (exact) mass is 1130 g/mol. The van der Waals surface area contributed by atoms with Gasteiger partial charge < -0.3 is 68.9 Å². The van der Waals surface area contributed by atoms with Crippen LogP contribution in [0.2, 0.25) is 0 Å². The average molecular weight is 1130 g/mol. The maximum absolute atomic E-state index is 14.5. The van der Waals surface area contributed by atoms with Crippen molar-refractivity contribution in [2.24, 2.45) is 23.3 Å². The summed E-state index contributed by atoms with van der Waals surface area (Å²) in [5.41, 5.74) is 12.0. The lowest BCUT2D eigenvalue weighted by molar-refractivity contribution is -0.144. The minimum atomic E-state index is -1.87. The number of amides is 9. The van der Waals surface area contributed by atoms with Gasteiger partial charge in [-0.05, 0) is 97.7 Å². The molecule has 1 saturated heterocycles. The number of primary amides is 1. The Morgan fingerprint density at radius 1 is 0.618 bits per heavy atom. The van der Waals surface area contributed by atoms with E-state index in [1.54, 1.807) is 39.5 Å². The number of rotatable bonds is 35. The molecule has 1 heterocycles. The molecule has 14 N–H and O–H groups in total. The van der Waals surface area contributed by atoms with Crippen LogP contribution >= 0.6 is 35.3 Å². The van der Waals surface area contributed by atoms with Gasteiger partial charge in [0.15, 0.2) is 0 Å². The Morgan fingerprint density at radius 2 is 1.08 bits per heavy atom. The van der Waals surface area contributed by atoms with Crippen molar-refractivity contribution in [1.82, 2.24) is 42.1 Å². The van der Waals surface area contributed by atoms with Gasteiger partial charge in [0.2, 0.25) is 53.2 Å². The highest BCUT2D eigenvalue weighted by molar-refractivity contribution is 7.98. The number of benzene rings is 1. The summed E-state index contributed by atoms with van der Waals surface area (Å²) in [6, 6.07) is -6.34. The summed E-state index contributed by atoms with van der Waals surface area (Å²) in [4.78, 5) is 149. The standard InChI is InChI=1S/C49H78N10O14S3/c1-8-26(3)39(51)46(69)52-30(16-20-74-5)41(64)55-34(24-37(50)61)43(66)56-35(25-38(62)63)44(67)53-31(17-21-75-6)48(71)59-19-10-11-36(59)45(68)58-40(27(4)9-2)47(70)57-33(23-28-12-14-29(60)15-13-28)42(65)54-32(49(72)73)18-22-76-7/h12-15,26-27,30-36,39-40,60H,8-11,16-25,51H2,1-7H3,(H2,50,61)(H,52,69)(H,53,67)(H,54,65)(H,55,64)(H,56,66)(H,57,70)(H,58,68)(H,62,63)(H,72,73)/t26-,27-,30-,31-,32-,33-,34-,35-,36-,39-,40-/m0/s1. The molecule has 0 saturated carbocycles. The Kier molecular flexibility index (Phi) is 29.7. The number of carboxylic acid groups (broad SMARTS) is 2. The minimum absolute atomic E-state index is 0.0169. The zero-order chi connectivity index (χ0) is 57.2. The van der Waals surface area contributed by atoms with Crippen LogP contribution in [-0.4, -0.2) is 182 Å². The summed E-state index contributed by atoms with van der Waals surface area (Å²) < 4.78 is 0. The maximum Gasteiger partial charge on any atom is 0.326 e. The highest BCUT2D eigenvalue weighted by atomic mass is 32.2. The molecule has 0 aromatic heterocycles. The number of carboxylic acids is 2. The number of aromatic hydroxyl groups is 1. The lowest BCUT2D eigenvalue weighted by Gasteiger charge is -2.32. The third kappa shape index (κ3) is 22.0. The Hall–Kier alpha value is -5.80. The number of carbonyl (C=O) groups excluding carboxylic acids is 9. The number of nitrogens with one attached hydrogen (secondary N) is 7. The Morgan fingerprint density at radius 3 is 1.59 bits per heavy atom. The molecular formula is C49H78N10O14S3. The van der Waals surface area contributed by atoms with Gasteiger partial charge in [0.05, 0.1) is 18.9 Å². The lowest BCUT2D eigenvalue weighted by atomic mass is 9.96. The summed E-state index contributed by atoms with van der Waals surface area (Å²) >= 11 is 4.07. The van der Waals surface area contributed by atoms with E-state index in [0.717, 1.165) is 0 Å². The molecule has 11 atom stereocenters. The normalized spacial score (nSPS) is 17.1. The summed E-state index contributed by atoms with van der Waals surface area (Å²) in [5, 5.41) is 47.2. The SMILES string of the molecule is CC[C@H](C)[C@H](N)C(=O)N[C@@H](CCSC)C(=O)N[C@@H](CC(N)=O)C(=O)N[C@@H](CC(=O)O)C(=O)N[C@@H](CCSC)C(=O)N1CCC[C@H]1C(=O)N[C@H](C(=O)N[C@@H](Cc1ccc(O)cc1)C(=O)N[C@@H](CCSC)C(=O)O)[C@@H](C)CC. The van der Waals surface area contributed by atoms with Crippen LogP contribution in [0.4, 0.5) is 0 Å². The van der Waals surface area contributed by atoms with Crippen LogP contribution < -0.4 is 48.7 Å². The van der Waals surface area contributed by atoms with Gasteiger partial charge in [0.25, 0.3) is 0 Å². The number of phenolic OH excluding ortho intramolecular Hbond substituents is 1. The number of carbonyl (C=O) groups is 11. The molecule has 0 aliphatic carbocycles. The molecule has 0 bridgehead atoms. The number of aliphatic carboxylic acids is 2. The van der Waals surface area contributed by atoms with Gasteiger partial charge >= 0.3 is 11.9 Å². The molecule has 1 aliphatic rings. The van der Waals surface area contributed by atoms with Crippen molar-refractivity contribution in [3.63, 3.8) is 0 Å². The molecule has 27 heteroatoms. The second-order valence-corrected chi connectivity index (χ2v) is 21.6. The van der Waals surface area contributed by atoms with E-state index in [4.69, 9.17) is 11.5 Å². The van der Waals surface area contributed by atoms with Crippen LogP contribution in [0.3, 0.4) is 0 Å². The Balaban J connectivity index is 2.40. The number of phenols is 1. The molecule has 9 amide bonds. The van der Waals surface area contributed by atoms with Crippen LogP contribution in [0.5, 0.6) is 5.75 Å². The predicted molar refractivity (Wildman–Crippen MR) is 290 cm³/mol. The van der Waals surface area contributed by atoms with Crippen molar-refractivity contribution in [3.8, 4) is 5.75 Å². The summed E-state index contributed by atoms with van der Waals surface area (Å²) in [5.74, 6) is -10.4. The van der Waals surface area contributed by atoms with Crippen LogP contribution in [0.1, 0.15) is 91.0 Å². The topological polar surface area (TPSA) is 388 Å². The molecule has 1 aromatic rings. The van der Waals surface area contributed by atoms with Crippen molar-refractivity contribution >= 4 is 100 Å². The largest absolute Gasteiger partial charge is 0.508 e. The zero-order valence-electron chi connectivity index (χ0n) is 44.2. The molecule has 1 aromatic carbocycles. The molecule has 1 aliphatic heterocycles. The number of hydrogen-bond donors (Lipinski definition) is 12. The molecule has 0 unspecified atom stereocenters. The zero-order valence-corrected chi connectivity index (χ0v) is 46.7. The molecule has 0 radical (unpaired) electrons. The van der Waals surface area contributed by atoms with Crippen molar-refractivity contribution < 1.29 is 68.1 Å². The molecule has 0 spiro atoms. The number of likely N-dealkylation sites (tertiary alicyclic amines) is 1. The molecule has 2 rings (SSSR count). The Bertz CT molecular complexity index is 2160. The fraction of sp³-hybridized carbons (Fsp3) is 0.653. The van der Waals surface area contributed by atoms with Gasteiger partial charge in [-0.2, -0.15) is 35.3 Å². The lowest BCUT2D eigenvalue weighted by Crippen LogP contribution is -2.61. The minimum Gasteiger partial charge on any atom is -0.508 e. The quantitative estimate of drug-likeness (QED) is 0.0405. The summed E-state index contributed by atoms with van der Waals surface area (Å²) in [6.45, 7) is 7.12. The van der Waals surface area contributed by atoms with Crippen LogP contribution in [0.15, 0.2) is 24.3 Å². The smallest absolute Gasteiger partial charge is 0.326 e. The highest BCUT2D eigenvalue weighted by Crippen LogP contribution is 2.22. The van der Waals surface area contributed by atoms with E-state index in [9.17, 15) is 68.1 Å². The van der Waals surface area contributed by atoms with Crippen molar-refractivity contribution in [1.29, 1.82) is 0 Å². The molecular weight excluding hydrogens is 1050 g/mol. The van der Waals surface area contributed by atoms with Gasteiger partial charge in [-0.1, -0.05) is 52.7 Å². The predicted octanol–water partition coefficient (Wildman–Crippen LogP) is -0.567. The second-order valence-electron chi connectivity index (χ2n) is 18.7. The third-order valence-corrected chi connectivity index (χ3v) is 14.9. The van der Waals surface area contributed by atoms with Gasteiger partial charge in [-0.25, -0.2) is 4.79 Å². The second kappa shape index (κ2) is 34.1. The molecule has 76 heavy (non-hydrogen) atoms. The summed E-state index contributed by atoms with van der Waals surface area (Å²) in [7, 11) is 0. The van der Waals surface area contributed by atoms with E-state index in [0.29, 0.717) is 42.1 Å². The van der Waals surface area contributed by atoms with E-state index >= 15 is 0 Å². The van der Waals surface area contributed by atoms with Gasteiger partial charge in [0, 0.05) is 13.0 Å². The van der Waals surface area contributed by atoms with Crippen molar-refractivity contribution in [2.45, 2.75) is 146 Å². The first-order valence-corrected chi connectivity index (χ1v) is 29.3. The van der Waals surface area contributed by atoms with E-state index in [2.05, 4.69) is 37.2 Å². The first-order valence-electron chi connectivity index (χ1n) is 25.1. The van der Waals surface area contributed by atoms with Crippen molar-refractivity contribution in [3.05, 3.63) is 29.8 Å². The number of nitrogens with zero attached hydrogens (tertiary/aromatic N) is 1. The average Bonchev–Trinajstić information content (AvgIpc) is 3.88. The molecule has 24 nitrogen and oxygen atoms in total. The van der Waals surface area contributed by atoms with Gasteiger partial charge in [-0.15, -0.1) is 0 Å². The third-order valence-electron chi connectivity index (χ3n) is 12.9. The van der Waals surface area contributed by atoms with Gasteiger partial charge in [-0.3, -0.25) is 47.9 Å². The first-order chi connectivity index (χ1) is 35.9. The van der Waals surface area contributed by atoms with E-state index < -0.39 is 138 Å². The first kappa shape index (κ1) is 66.3. The fourth-order valence-electron chi connectivity index (χ4n) is 7.95. The highest BCUT2D eigenvalue weighted by Gasteiger charge is 2.41. The Labute approximate surface area is 456 Å². The van der Waals surface area contributed by atoms with Crippen LogP contribution in [0.25, 0.3) is 0 Å². The van der Waals surface area contributed by atoms with Crippen LogP contribution in [-0.2, 0) is 59.2 Å². The summed E-state index contributed by atoms with van der Waals surface area (Å²) in [6.07, 6.45) is 4.98. The maximum atomic E-state index is 14.5.